The van der Waals surface area contributed by atoms with Crippen molar-refractivity contribution in [2.45, 2.75) is 13.1 Å². The minimum absolute atomic E-state index is 0.257. The standard InChI is InChI=1S/C10H11N7S/c11-10(18)7-3-13-8(4-12-7)16-1-2-17-6-14-15-9(17)5-16/h3-4,6H,1-2,5H2,(H2,11,18). The van der Waals surface area contributed by atoms with Crippen LogP contribution in [0, 0.1) is 0 Å². The summed E-state index contributed by atoms with van der Waals surface area (Å²) < 4.78 is 2.04. The van der Waals surface area contributed by atoms with Crippen LogP contribution >= 0.6 is 12.2 Å². The van der Waals surface area contributed by atoms with E-state index >= 15 is 0 Å². The molecular weight excluding hydrogens is 250 g/mol. The fourth-order valence-corrected chi connectivity index (χ4v) is 1.98. The Balaban J connectivity index is 1.82. The molecule has 18 heavy (non-hydrogen) atoms. The third-order valence-electron chi connectivity index (χ3n) is 2.85. The Morgan fingerprint density at radius 3 is 2.89 bits per heavy atom. The SMILES string of the molecule is NC(=S)c1cnc(N2CCn3cnnc3C2)cn1. The van der Waals surface area contributed by atoms with Crippen molar-refractivity contribution >= 4 is 23.0 Å². The molecule has 1 aliphatic heterocycles. The number of hydrogen-bond acceptors (Lipinski definition) is 6. The second-order valence-corrected chi connectivity index (χ2v) is 4.43. The number of aromatic nitrogens is 5. The van der Waals surface area contributed by atoms with Crippen molar-refractivity contribution in [3.05, 3.63) is 30.2 Å². The first-order valence-electron chi connectivity index (χ1n) is 5.47. The third kappa shape index (κ3) is 1.90. The fourth-order valence-electron chi connectivity index (χ4n) is 1.87. The number of fused-ring (bicyclic) bond motifs is 1. The van der Waals surface area contributed by atoms with Gasteiger partial charge in [-0.15, -0.1) is 10.2 Å². The number of hydrogen-bond donors (Lipinski definition) is 1. The van der Waals surface area contributed by atoms with E-state index in [0.717, 1.165) is 24.7 Å². The highest BCUT2D eigenvalue weighted by molar-refractivity contribution is 7.80. The van der Waals surface area contributed by atoms with Gasteiger partial charge in [0.25, 0.3) is 0 Å². The van der Waals surface area contributed by atoms with Crippen molar-refractivity contribution in [3.63, 3.8) is 0 Å². The average Bonchev–Trinajstić information content (AvgIpc) is 2.86. The normalized spacial score (nSPS) is 14.3. The van der Waals surface area contributed by atoms with Crippen LogP contribution in [0.3, 0.4) is 0 Å². The van der Waals surface area contributed by atoms with Crippen LogP contribution in [-0.4, -0.2) is 36.3 Å². The molecule has 0 bridgehead atoms. The molecule has 0 fully saturated rings. The van der Waals surface area contributed by atoms with Crippen molar-refractivity contribution in [1.29, 1.82) is 0 Å². The molecule has 0 saturated heterocycles. The molecule has 1 aliphatic rings. The van der Waals surface area contributed by atoms with Gasteiger partial charge in [0.1, 0.15) is 22.8 Å². The first kappa shape index (κ1) is 11.0. The zero-order valence-corrected chi connectivity index (χ0v) is 10.3. The number of nitrogens with two attached hydrogens (primary N) is 1. The lowest BCUT2D eigenvalue weighted by atomic mass is 10.3. The Labute approximate surface area is 109 Å². The molecule has 2 N–H and O–H groups in total. The Hall–Kier alpha value is -2.09. The van der Waals surface area contributed by atoms with Crippen LogP contribution in [0.2, 0.25) is 0 Å². The molecule has 0 atom stereocenters. The van der Waals surface area contributed by atoms with Gasteiger partial charge in [-0.1, -0.05) is 12.2 Å². The molecule has 8 heteroatoms. The molecule has 0 spiro atoms. The Bertz CT molecular complexity index is 576. The maximum atomic E-state index is 5.49. The molecule has 0 aromatic carbocycles. The summed E-state index contributed by atoms with van der Waals surface area (Å²) in [6.45, 7) is 2.38. The summed E-state index contributed by atoms with van der Waals surface area (Å²) in [6, 6.07) is 0. The maximum absolute atomic E-state index is 5.49. The van der Waals surface area contributed by atoms with Gasteiger partial charge in [0.2, 0.25) is 0 Å². The minimum Gasteiger partial charge on any atom is -0.388 e. The molecule has 7 nitrogen and oxygen atoms in total. The van der Waals surface area contributed by atoms with Crippen LogP contribution in [0.15, 0.2) is 18.7 Å². The van der Waals surface area contributed by atoms with E-state index in [4.69, 9.17) is 18.0 Å². The van der Waals surface area contributed by atoms with Crippen molar-refractivity contribution in [2.75, 3.05) is 11.4 Å². The minimum atomic E-state index is 0.257. The zero-order chi connectivity index (χ0) is 12.5. The van der Waals surface area contributed by atoms with Crippen LogP contribution in [0.4, 0.5) is 5.82 Å². The molecule has 3 rings (SSSR count). The van der Waals surface area contributed by atoms with Gasteiger partial charge in [-0.2, -0.15) is 0 Å². The van der Waals surface area contributed by atoms with Gasteiger partial charge in [0.05, 0.1) is 18.9 Å². The van der Waals surface area contributed by atoms with Crippen molar-refractivity contribution in [1.82, 2.24) is 24.7 Å². The summed E-state index contributed by atoms with van der Waals surface area (Å²) in [5.41, 5.74) is 6.02. The van der Waals surface area contributed by atoms with E-state index in [-0.39, 0.29) is 4.99 Å². The molecule has 0 aliphatic carbocycles. The first-order chi connectivity index (χ1) is 8.74. The van der Waals surface area contributed by atoms with Gasteiger partial charge in [-0.25, -0.2) is 9.97 Å². The summed E-state index contributed by atoms with van der Waals surface area (Å²) in [6.07, 6.45) is 5.02. The number of thiocarbonyl (C=S) groups is 1. The zero-order valence-electron chi connectivity index (χ0n) is 9.52. The van der Waals surface area contributed by atoms with Crippen molar-refractivity contribution in [3.8, 4) is 0 Å². The first-order valence-corrected chi connectivity index (χ1v) is 5.88. The van der Waals surface area contributed by atoms with Crippen molar-refractivity contribution < 1.29 is 0 Å². The molecule has 0 radical (unpaired) electrons. The molecule has 2 aromatic rings. The van der Waals surface area contributed by atoms with Crippen LogP contribution < -0.4 is 10.6 Å². The highest BCUT2D eigenvalue weighted by atomic mass is 32.1. The van der Waals surface area contributed by atoms with E-state index in [1.165, 1.54) is 0 Å². The molecule has 92 valence electrons. The lowest BCUT2D eigenvalue weighted by Crippen LogP contribution is -2.34. The van der Waals surface area contributed by atoms with Gasteiger partial charge < -0.3 is 15.2 Å². The second-order valence-electron chi connectivity index (χ2n) is 3.99. The van der Waals surface area contributed by atoms with E-state index in [0.29, 0.717) is 12.2 Å². The predicted molar refractivity (Wildman–Crippen MR) is 69.0 cm³/mol. The summed E-state index contributed by atoms with van der Waals surface area (Å²) in [5, 5.41) is 7.95. The summed E-state index contributed by atoms with van der Waals surface area (Å²) >= 11 is 4.84. The van der Waals surface area contributed by atoms with Crippen molar-refractivity contribution in [2.24, 2.45) is 5.73 Å². The van der Waals surface area contributed by atoms with Crippen LogP contribution in [-0.2, 0) is 13.1 Å². The summed E-state index contributed by atoms with van der Waals surface area (Å²) in [4.78, 5) is 10.9. The molecule has 0 saturated carbocycles. The quantitative estimate of drug-likeness (QED) is 0.744. The van der Waals surface area contributed by atoms with Gasteiger partial charge >= 0.3 is 0 Å². The van der Waals surface area contributed by atoms with Crippen LogP contribution in [0.5, 0.6) is 0 Å². The van der Waals surface area contributed by atoms with E-state index in [1.54, 1.807) is 18.7 Å². The number of nitrogens with zero attached hydrogens (tertiary/aromatic N) is 6. The average molecular weight is 261 g/mol. The number of rotatable bonds is 2. The van der Waals surface area contributed by atoms with E-state index in [1.807, 2.05) is 4.57 Å². The third-order valence-corrected chi connectivity index (χ3v) is 3.06. The van der Waals surface area contributed by atoms with Gasteiger partial charge in [-0.05, 0) is 0 Å². The van der Waals surface area contributed by atoms with E-state index in [2.05, 4.69) is 25.1 Å². The van der Waals surface area contributed by atoms with E-state index in [9.17, 15) is 0 Å². The monoisotopic (exact) mass is 261 g/mol. The van der Waals surface area contributed by atoms with Gasteiger partial charge in [0, 0.05) is 13.1 Å². The van der Waals surface area contributed by atoms with Gasteiger partial charge in [-0.3, -0.25) is 0 Å². The lowest BCUT2D eigenvalue weighted by Gasteiger charge is -2.27. The topological polar surface area (TPSA) is 85.8 Å². The largest absolute Gasteiger partial charge is 0.388 e. The smallest absolute Gasteiger partial charge is 0.152 e. The maximum Gasteiger partial charge on any atom is 0.152 e. The predicted octanol–water partition coefficient (Wildman–Crippen LogP) is -0.278. The lowest BCUT2D eigenvalue weighted by molar-refractivity contribution is 0.555. The second kappa shape index (κ2) is 4.30. The molecule has 3 heterocycles. The molecular formula is C10H11N7S. The van der Waals surface area contributed by atoms with Crippen LogP contribution in [0.1, 0.15) is 11.5 Å². The Morgan fingerprint density at radius 1 is 1.28 bits per heavy atom. The van der Waals surface area contributed by atoms with Gasteiger partial charge in [0.15, 0.2) is 5.82 Å². The Morgan fingerprint density at radius 2 is 2.17 bits per heavy atom. The Kier molecular flexibility index (Phi) is 2.63. The molecule has 0 unspecified atom stereocenters. The number of anilines is 1. The highest BCUT2D eigenvalue weighted by Gasteiger charge is 2.18. The fraction of sp³-hybridized carbons (Fsp3) is 0.300. The van der Waals surface area contributed by atoms with E-state index < -0.39 is 0 Å². The van der Waals surface area contributed by atoms with Crippen LogP contribution in [0.25, 0.3) is 0 Å². The summed E-state index contributed by atoms with van der Waals surface area (Å²) in [7, 11) is 0. The molecule has 2 aromatic heterocycles. The molecule has 0 amide bonds. The summed E-state index contributed by atoms with van der Waals surface area (Å²) in [5.74, 6) is 1.73. The highest BCUT2D eigenvalue weighted by Crippen LogP contribution is 2.16.